The largest absolute Gasteiger partial charge is 0.457 e. The smallest absolute Gasteiger partial charge is 0.134 e. The van der Waals surface area contributed by atoms with Crippen LogP contribution in [0.5, 0.6) is 11.5 Å². The van der Waals surface area contributed by atoms with Crippen molar-refractivity contribution in [3.8, 4) is 11.5 Å². The van der Waals surface area contributed by atoms with Gasteiger partial charge in [0.1, 0.15) is 11.5 Å². The second-order valence-electron chi connectivity index (χ2n) is 6.85. The van der Waals surface area contributed by atoms with Crippen LogP contribution in [-0.2, 0) is 12.0 Å². The van der Waals surface area contributed by atoms with Crippen molar-refractivity contribution in [2.45, 2.75) is 39.7 Å². The lowest BCUT2D eigenvalue weighted by Gasteiger charge is -2.24. The van der Waals surface area contributed by atoms with Gasteiger partial charge in [-0.2, -0.15) is 0 Å². The predicted molar refractivity (Wildman–Crippen MR) is 95.2 cm³/mol. The van der Waals surface area contributed by atoms with Crippen LogP contribution < -0.4 is 10.1 Å². The lowest BCUT2D eigenvalue weighted by Crippen LogP contribution is -2.17. The second kappa shape index (κ2) is 7.62. The molecule has 2 aromatic carbocycles. The van der Waals surface area contributed by atoms with Crippen LogP contribution in [0.4, 0.5) is 0 Å². The third kappa shape index (κ3) is 4.81. The van der Waals surface area contributed by atoms with E-state index in [1.54, 1.807) is 0 Å². The highest BCUT2D eigenvalue weighted by Crippen LogP contribution is 2.36. The Morgan fingerprint density at radius 1 is 1.04 bits per heavy atom. The molecule has 0 saturated carbocycles. The molecule has 3 nitrogen and oxygen atoms in total. The number of para-hydroxylation sites is 1. The van der Waals surface area contributed by atoms with Gasteiger partial charge in [0.25, 0.3) is 0 Å². The highest BCUT2D eigenvalue weighted by Gasteiger charge is 2.20. The van der Waals surface area contributed by atoms with Gasteiger partial charge < -0.3 is 15.2 Å². The van der Waals surface area contributed by atoms with Crippen molar-refractivity contribution < 1.29 is 9.84 Å². The Morgan fingerprint density at radius 3 is 2.35 bits per heavy atom. The minimum absolute atomic E-state index is 0.0372. The summed E-state index contributed by atoms with van der Waals surface area (Å²) in [6.45, 7) is 10.2. The maximum absolute atomic E-state index is 8.79. The van der Waals surface area contributed by atoms with Crippen molar-refractivity contribution in [3.05, 3.63) is 59.2 Å². The molecule has 23 heavy (non-hydrogen) atoms. The summed E-state index contributed by atoms with van der Waals surface area (Å²) in [7, 11) is 0. The van der Waals surface area contributed by atoms with Crippen LogP contribution in [0.1, 0.15) is 37.5 Å². The quantitative estimate of drug-likeness (QED) is 0.787. The normalized spacial score (nSPS) is 11.5. The summed E-state index contributed by atoms with van der Waals surface area (Å²) in [5.74, 6) is 1.79. The van der Waals surface area contributed by atoms with Gasteiger partial charge >= 0.3 is 0 Å². The molecule has 2 aromatic rings. The maximum atomic E-state index is 8.79. The van der Waals surface area contributed by atoms with E-state index in [0.717, 1.165) is 23.6 Å². The summed E-state index contributed by atoms with van der Waals surface area (Å²) in [5, 5.41) is 12.0. The van der Waals surface area contributed by atoms with Crippen molar-refractivity contribution in [3.63, 3.8) is 0 Å². The fourth-order valence-corrected chi connectivity index (χ4v) is 2.48. The molecule has 0 fully saturated rings. The minimum Gasteiger partial charge on any atom is -0.457 e. The van der Waals surface area contributed by atoms with Gasteiger partial charge in [-0.15, -0.1) is 0 Å². The molecule has 0 saturated heterocycles. The summed E-state index contributed by atoms with van der Waals surface area (Å²) >= 11 is 0. The minimum atomic E-state index is 0.0372. The Kier molecular flexibility index (Phi) is 5.80. The summed E-state index contributed by atoms with van der Waals surface area (Å²) < 4.78 is 6.19. The van der Waals surface area contributed by atoms with E-state index in [1.807, 2.05) is 12.1 Å². The second-order valence-corrected chi connectivity index (χ2v) is 6.85. The first-order valence-electron chi connectivity index (χ1n) is 8.10. The first-order valence-corrected chi connectivity index (χ1v) is 8.10. The van der Waals surface area contributed by atoms with E-state index in [2.05, 4.69) is 63.3 Å². The molecular formula is C20H27NO2. The summed E-state index contributed by atoms with van der Waals surface area (Å²) in [5.41, 5.74) is 3.57. The maximum Gasteiger partial charge on any atom is 0.134 e. The monoisotopic (exact) mass is 313 g/mol. The molecule has 0 atom stereocenters. The number of nitrogens with one attached hydrogen (secondary N) is 1. The number of hydrogen-bond acceptors (Lipinski definition) is 3. The third-order valence-electron chi connectivity index (χ3n) is 3.78. The summed E-state index contributed by atoms with van der Waals surface area (Å²) in [6.07, 6.45) is 0. The van der Waals surface area contributed by atoms with Gasteiger partial charge in [-0.3, -0.25) is 0 Å². The van der Waals surface area contributed by atoms with E-state index in [9.17, 15) is 0 Å². The highest BCUT2D eigenvalue weighted by atomic mass is 16.5. The van der Waals surface area contributed by atoms with Crippen molar-refractivity contribution in [1.29, 1.82) is 0 Å². The molecule has 2 rings (SSSR count). The molecule has 0 heterocycles. The van der Waals surface area contributed by atoms with Gasteiger partial charge in [-0.05, 0) is 35.6 Å². The topological polar surface area (TPSA) is 41.5 Å². The van der Waals surface area contributed by atoms with Crippen LogP contribution in [0.25, 0.3) is 0 Å². The first kappa shape index (κ1) is 17.5. The van der Waals surface area contributed by atoms with Gasteiger partial charge in [-0.25, -0.2) is 0 Å². The van der Waals surface area contributed by atoms with E-state index >= 15 is 0 Å². The van der Waals surface area contributed by atoms with E-state index in [0.29, 0.717) is 6.54 Å². The summed E-state index contributed by atoms with van der Waals surface area (Å²) in [4.78, 5) is 0. The van der Waals surface area contributed by atoms with Crippen LogP contribution in [0.3, 0.4) is 0 Å². The number of benzene rings is 2. The summed E-state index contributed by atoms with van der Waals surface area (Å²) in [6, 6.07) is 14.4. The zero-order valence-electron chi connectivity index (χ0n) is 14.5. The Balaban J connectivity index is 2.16. The molecule has 0 unspecified atom stereocenters. The average Bonchev–Trinajstić information content (AvgIpc) is 2.50. The Hall–Kier alpha value is -1.84. The fraction of sp³-hybridized carbons (Fsp3) is 0.400. The predicted octanol–water partition coefficient (Wildman–Crippen LogP) is 4.17. The van der Waals surface area contributed by atoms with Crippen molar-refractivity contribution in [2.75, 3.05) is 13.2 Å². The Bertz CT molecular complexity index is 627. The number of ether oxygens (including phenoxy) is 1. The van der Waals surface area contributed by atoms with Crippen LogP contribution >= 0.6 is 0 Å². The van der Waals surface area contributed by atoms with E-state index in [4.69, 9.17) is 9.84 Å². The van der Waals surface area contributed by atoms with E-state index in [-0.39, 0.29) is 12.0 Å². The standard InChI is InChI=1S/C20H27NO2/c1-15-6-5-7-18(20(2,3)4)19(15)23-17-10-8-16(9-11-17)14-21-12-13-22/h5-11,21-22H,12-14H2,1-4H3. The number of aliphatic hydroxyl groups is 1. The molecular weight excluding hydrogens is 286 g/mol. The van der Waals surface area contributed by atoms with Crippen molar-refractivity contribution >= 4 is 0 Å². The van der Waals surface area contributed by atoms with E-state index in [1.165, 1.54) is 11.1 Å². The van der Waals surface area contributed by atoms with Gasteiger partial charge in [0.05, 0.1) is 6.61 Å². The van der Waals surface area contributed by atoms with Crippen molar-refractivity contribution in [1.82, 2.24) is 5.32 Å². The first-order chi connectivity index (χ1) is 10.9. The zero-order chi connectivity index (χ0) is 16.9. The Morgan fingerprint density at radius 2 is 1.74 bits per heavy atom. The number of aryl methyl sites for hydroxylation is 1. The molecule has 0 aliphatic heterocycles. The number of rotatable bonds is 6. The average molecular weight is 313 g/mol. The third-order valence-corrected chi connectivity index (χ3v) is 3.78. The zero-order valence-corrected chi connectivity index (χ0v) is 14.5. The van der Waals surface area contributed by atoms with Gasteiger partial charge in [0.2, 0.25) is 0 Å². The molecule has 2 N–H and O–H groups in total. The molecule has 124 valence electrons. The number of hydrogen-bond donors (Lipinski definition) is 2. The van der Waals surface area contributed by atoms with Crippen LogP contribution in [0.2, 0.25) is 0 Å². The lowest BCUT2D eigenvalue weighted by atomic mass is 9.85. The molecule has 0 aromatic heterocycles. The van der Waals surface area contributed by atoms with Crippen molar-refractivity contribution in [2.24, 2.45) is 0 Å². The molecule has 0 aliphatic rings. The van der Waals surface area contributed by atoms with Gasteiger partial charge in [0, 0.05) is 18.7 Å². The molecule has 0 bridgehead atoms. The molecule has 0 amide bonds. The Labute approximate surface area is 139 Å². The van der Waals surface area contributed by atoms with Gasteiger partial charge in [-0.1, -0.05) is 51.1 Å². The highest BCUT2D eigenvalue weighted by molar-refractivity contribution is 5.47. The van der Waals surface area contributed by atoms with E-state index < -0.39 is 0 Å². The number of aliphatic hydroxyl groups excluding tert-OH is 1. The lowest BCUT2D eigenvalue weighted by molar-refractivity contribution is 0.292. The molecule has 0 spiro atoms. The molecule has 3 heteroatoms. The van der Waals surface area contributed by atoms with Crippen LogP contribution in [0, 0.1) is 6.92 Å². The molecule has 0 aliphatic carbocycles. The van der Waals surface area contributed by atoms with Gasteiger partial charge in [0.15, 0.2) is 0 Å². The van der Waals surface area contributed by atoms with Crippen LogP contribution in [-0.4, -0.2) is 18.3 Å². The SMILES string of the molecule is Cc1cccc(C(C)(C)C)c1Oc1ccc(CNCCO)cc1. The fourth-order valence-electron chi connectivity index (χ4n) is 2.48. The molecule has 0 radical (unpaired) electrons. The van der Waals surface area contributed by atoms with Crippen LogP contribution in [0.15, 0.2) is 42.5 Å².